The molecule has 1 unspecified atom stereocenters. The van der Waals surface area contributed by atoms with E-state index >= 15 is 0 Å². The van der Waals surface area contributed by atoms with Gasteiger partial charge in [0.2, 0.25) is 0 Å². The minimum absolute atomic E-state index is 0.243. The van der Waals surface area contributed by atoms with Crippen molar-refractivity contribution in [1.82, 2.24) is 0 Å². The summed E-state index contributed by atoms with van der Waals surface area (Å²) >= 11 is 0. The molecule has 0 aliphatic rings. The molecule has 0 bridgehead atoms. The van der Waals surface area contributed by atoms with Gasteiger partial charge in [0.05, 0.1) is 6.42 Å². The minimum Gasteiger partial charge on any atom is -0.300 e. The fourth-order valence-corrected chi connectivity index (χ4v) is 1.25. The highest BCUT2D eigenvalue weighted by Crippen LogP contribution is 2.15. The van der Waals surface area contributed by atoms with Gasteiger partial charge in [-0.25, -0.2) is 0 Å². The molecule has 0 aromatic carbocycles. The van der Waals surface area contributed by atoms with Crippen molar-refractivity contribution in [3.8, 4) is 0 Å². The van der Waals surface area contributed by atoms with Gasteiger partial charge < -0.3 is 0 Å². The Hall–Kier alpha value is -0.230. The molecular weight excluding hydrogens is 147 g/mol. The van der Waals surface area contributed by atoms with Gasteiger partial charge in [-0.1, -0.05) is 11.5 Å². The van der Waals surface area contributed by atoms with Crippen LogP contribution in [0.5, 0.6) is 0 Å². The van der Waals surface area contributed by atoms with Gasteiger partial charge in [0.15, 0.2) is 6.16 Å². The largest absolute Gasteiger partial charge is 0.335 e. The zero-order valence-corrected chi connectivity index (χ0v) is 7.49. The Labute approximate surface area is 62.8 Å². The van der Waals surface area contributed by atoms with Crippen molar-refractivity contribution in [3.63, 3.8) is 0 Å². The Morgan fingerprint density at radius 1 is 1.40 bits per heavy atom. The molecule has 0 aromatic rings. The Balaban J connectivity index is 3.30. The van der Waals surface area contributed by atoms with Crippen molar-refractivity contribution in [1.29, 1.82) is 0 Å². The van der Waals surface area contributed by atoms with Crippen LogP contribution in [0, 0.1) is 0 Å². The van der Waals surface area contributed by atoms with Crippen LogP contribution < -0.4 is 0 Å². The lowest BCUT2D eigenvalue weighted by Gasteiger charge is -1.89. The van der Waals surface area contributed by atoms with Gasteiger partial charge in [-0.3, -0.25) is 4.79 Å². The minimum atomic E-state index is -1.11. The molecule has 0 saturated carbocycles. The van der Waals surface area contributed by atoms with Crippen molar-refractivity contribution in [2.24, 2.45) is 0 Å². The van der Waals surface area contributed by atoms with E-state index in [0.717, 1.165) is 6.42 Å². The second-order valence-corrected chi connectivity index (χ2v) is 4.09. The molecule has 3 heteroatoms. The second kappa shape index (κ2) is 5.55. The Bertz CT molecular complexity index is 132. The maximum atomic E-state index is 10.8. The van der Waals surface area contributed by atoms with Crippen LogP contribution in [0.15, 0.2) is 0 Å². The van der Waals surface area contributed by atoms with Gasteiger partial charge in [0.1, 0.15) is 12.4 Å². The topological polar surface area (TPSA) is 34.1 Å². The number of carbonyl (C=O) groups excluding carboxylic acids is 1. The van der Waals surface area contributed by atoms with E-state index in [0.29, 0.717) is 19.0 Å². The van der Waals surface area contributed by atoms with Crippen LogP contribution in [0.3, 0.4) is 0 Å². The molecule has 1 atom stereocenters. The van der Waals surface area contributed by atoms with Crippen molar-refractivity contribution in [2.75, 3.05) is 12.8 Å². The predicted molar refractivity (Wildman–Crippen MR) is 42.9 cm³/mol. The first-order valence-electron chi connectivity index (χ1n) is 3.56. The van der Waals surface area contributed by atoms with E-state index in [1.807, 2.05) is 6.92 Å². The molecular formula is C7H14O2P+. The van der Waals surface area contributed by atoms with E-state index < -0.39 is 7.80 Å². The smallest absolute Gasteiger partial charge is 0.300 e. The highest BCUT2D eigenvalue weighted by molar-refractivity contribution is 7.43. The van der Waals surface area contributed by atoms with E-state index in [1.54, 1.807) is 6.66 Å². The van der Waals surface area contributed by atoms with Gasteiger partial charge in [-0.2, -0.15) is 0 Å². The van der Waals surface area contributed by atoms with Crippen LogP contribution in [0.1, 0.15) is 26.2 Å². The van der Waals surface area contributed by atoms with Gasteiger partial charge in [0, 0.05) is 6.42 Å². The predicted octanol–water partition coefficient (Wildman–Crippen LogP) is 2.20. The van der Waals surface area contributed by atoms with E-state index in [2.05, 4.69) is 0 Å². The van der Waals surface area contributed by atoms with Crippen molar-refractivity contribution in [2.45, 2.75) is 26.2 Å². The summed E-state index contributed by atoms with van der Waals surface area (Å²) < 4.78 is 10.5. The third kappa shape index (κ3) is 5.90. The van der Waals surface area contributed by atoms with E-state index in [1.165, 1.54) is 0 Å². The Morgan fingerprint density at radius 2 is 2.00 bits per heavy atom. The third-order valence-electron chi connectivity index (χ3n) is 1.23. The number of hydrogen-bond donors (Lipinski definition) is 0. The summed E-state index contributed by atoms with van der Waals surface area (Å²) in [5.41, 5.74) is 0. The van der Waals surface area contributed by atoms with Crippen LogP contribution in [0.4, 0.5) is 0 Å². The lowest BCUT2D eigenvalue weighted by atomic mass is 10.2. The molecule has 0 spiro atoms. The maximum Gasteiger partial charge on any atom is 0.335 e. The molecule has 0 aliphatic heterocycles. The van der Waals surface area contributed by atoms with Crippen LogP contribution in [-0.2, 0) is 9.36 Å². The standard InChI is InChI=1S/C7H14O2P/c1-3-4-7(8)5-6-10(2)9/h3-6H2,1-2H3/q+1. The normalized spacial score (nSPS) is 11.2. The van der Waals surface area contributed by atoms with Gasteiger partial charge in [-0.15, -0.1) is 0 Å². The highest BCUT2D eigenvalue weighted by Gasteiger charge is 2.08. The fraction of sp³-hybridized carbons (Fsp3) is 0.857. The summed E-state index contributed by atoms with van der Waals surface area (Å²) in [4.78, 5) is 10.8. The lowest BCUT2D eigenvalue weighted by molar-refractivity contribution is -0.118. The summed E-state index contributed by atoms with van der Waals surface area (Å²) in [6, 6.07) is 0. The highest BCUT2D eigenvalue weighted by atomic mass is 31.1. The van der Waals surface area contributed by atoms with E-state index in [-0.39, 0.29) is 5.78 Å². The second-order valence-electron chi connectivity index (χ2n) is 2.39. The molecule has 0 N–H and O–H groups in total. The summed E-state index contributed by atoms with van der Waals surface area (Å²) in [5, 5.41) is 0. The number of Topliss-reactive ketones (excluding diaryl/α,β-unsaturated/α-hetero) is 1. The van der Waals surface area contributed by atoms with Crippen LogP contribution >= 0.6 is 7.80 Å². The fourth-order valence-electron chi connectivity index (χ4n) is 0.686. The summed E-state index contributed by atoms with van der Waals surface area (Å²) in [6.07, 6.45) is 2.61. The molecule has 0 heterocycles. The number of carbonyl (C=O) groups is 1. The number of hydrogen-bond acceptors (Lipinski definition) is 2. The van der Waals surface area contributed by atoms with Crippen LogP contribution in [-0.4, -0.2) is 18.6 Å². The summed E-state index contributed by atoms with van der Waals surface area (Å²) in [5.74, 6) is 0.243. The Morgan fingerprint density at radius 3 is 2.40 bits per heavy atom. The monoisotopic (exact) mass is 161 g/mol. The number of rotatable bonds is 5. The zero-order valence-electron chi connectivity index (χ0n) is 6.59. The average Bonchev–Trinajstić information content (AvgIpc) is 1.85. The zero-order chi connectivity index (χ0) is 7.98. The van der Waals surface area contributed by atoms with Crippen LogP contribution in [0.2, 0.25) is 0 Å². The maximum absolute atomic E-state index is 10.8. The summed E-state index contributed by atoms with van der Waals surface area (Å²) in [7, 11) is -1.11. The molecule has 58 valence electrons. The van der Waals surface area contributed by atoms with Crippen LogP contribution in [0.25, 0.3) is 0 Å². The molecule has 2 nitrogen and oxygen atoms in total. The summed E-state index contributed by atoms with van der Waals surface area (Å²) in [6.45, 7) is 3.64. The third-order valence-corrected chi connectivity index (χ3v) is 2.09. The number of ketones is 1. The molecule has 0 saturated heterocycles. The molecule has 0 rings (SSSR count). The van der Waals surface area contributed by atoms with Crippen molar-refractivity contribution >= 4 is 13.6 Å². The molecule has 0 radical (unpaired) electrons. The molecule has 0 aromatic heterocycles. The molecule has 0 fully saturated rings. The van der Waals surface area contributed by atoms with Crippen molar-refractivity contribution in [3.05, 3.63) is 0 Å². The SMILES string of the molecule is CCCC(=O)CC[P+](C)=O. The van der Waals surface area contributed by atoms with Gasteiger partial charge in [0.25, 0.3) is 0 Å². The van der Waals surface area contributed by atoms with Gasteiger partial charge in [-0.05, 0) is 6.42 Å². The van der Waals surface area contributed by atoms with Crippen molar-refractivity contribution < 1.29 is 9.36 Å². The molecule has 0 aliphatic carbocycles. The quantitative estimate of drug-likeness (QED) is 0.579. The first-order valence-corrected chi connectivity index (χ1v) is 5.46. The van der Waals surface area contributed by atoms with Gasteiger partial charge >= 0.3 is 7.80 Å². The average molecular weight is 161 g/mol. The van der Waals surface area contributed by atoms with E-state index in [4.69, 9.17) is 0 Å². The molecule has 0 amide bonds. The Kier molecular flexibility index (Phi) is 5.42. The first kappa shape index (κ1) is 9.77. The van der Waals surface area contributed by atoms with E-state index in [9.17, 15) is 9.36 Å². The molecule has 10 heavy (non-hydrogen) atoms. The lowest BCUT2D eigenvalue weighted by Crippen LogP contribution is -1.97. The first-order chi connectivity index (χ1) is 4.66.